The van der Waals surface area contributed by atoms with Gasteiger partial charge in [-0.15, -0.1) is 0 Å². The van der Waals surface area contributed by atoms with Gasteiger partial charge in [-0.1, -0.05) is 30.3 Å². The normalized spacial score (nSPS) is 14.2. The maximum absolute atomic E-state index is 12.7. The summed E-state index contributed by atoms with van der Waals surface area (Å²) in [5, 5.41) is 11.0. The number of nitro groups is 1. The fraction of sp³-hybridized carbons (Fsp3) is 0.0870. The minimum atomic E-state index is -0.535. The van der Waals surface area contributed by atoms with Crippen molar-refractivity contribution in [2.45, 2.75) is 6.42 Å². The molecule has 0 unspecified atom stereocenters. The minimum absolute atomic E-state index is 0.160. The predicted octanol–water partition coefficient (Wildman–Crippen LogP) is 3.77. The Balaban J connectivity index is 1.50. The third kappa shape index (κ3) is 4.18. The molecule has 0 saturated carbocycles. The van der Waals surface area contributed by atoms with Crippen LogP contribution in [-0.2, 0) is 18.3 Å². The fourth-order valence-corrected chi connectivity index (χ4v) is 3.33. The number of allylic oxidation sites excluding steroid dienone is 1. The first kappa shape index (κ1) is 20.0. The quantitative estimate of drug-likeness (QED) is 0.207. The zero-order chi connectivity index (χ0) is 22.0. The number of aromatic nitrogens is 2. The molecule has 4 rings (SSSR count). The summed E-state index contributed by atoms with van der Waals surface area (Å²) in [5.74, 6) is -0.206. The second kappa shape index (κ2) is 8.19. The monoisotopic (exact) mass is 415 g/mol. The van der Waals surface area contributed by atoms with Crippen LogP contribution in [0, 0.1) is 10.1 Å². The first-order chi connectivity index (χ1) is 14.9. The van der Waals surface area contributed by atoms with E-state index in [4.69, 9.17) is 4.74 Å². The van der Waals surface area contributed by atoms with E-state index in [0.717, 1.165) is 17.3 Å². The van der Waals surface area contributed by atoms with Gasteiger partial charge in [0.05, 0.1) is 7.05 Å². The Bertz CT molecular complexity index is 1260. The van der Waals surface area contributed by atoms with Gasteiger partial charge in [0, 0.05) is 29.7 Å². The van der Waals surface area contributed by atoms with Gasteiger partial charge in [0.2, 0.25) is 5.82 Å². The van der Waals surface area contributed by atoms with Crippen LogP contribution in [0.5, 0.6) is 5.75 Å². The first-order valence-corrected chi connectivity index (χ1v) is 9.41. The van der Waals surface area contributed by atoms with Crippen LogP contribution >= 0.6 is 0 Å². The Morgan fingerprint density at radius 2 is 2.00 bits per heavy atom. The molecule has 0 spiro atoms. The van der Waals surface area contributed by atoms with Crippen molar-refractivity contribution in [3.8, 4) is 5.75 Å². The van der Waals surface area contributed by atoms with Gasteiger partial charge in [-0.3, -0.25) is 4.79 Å². The van der Waals surface area contributed by atoms with Crippen LogP contribution < -0.4 is 4.74 Å². The van der Waals surface area contributed by atoms with Gasteiger partial charge in [-0.2, -0.15) is 0 Å². The van der Waals surface area contributed by atoms with Gasteiger partial charge in [0.15, 0.2) is 5.78 Å². The van der Waals surface area contributed by atoms with Gasteiger partial charge < -0.3 is 14.9 Å². The summed E-state index contributed by atoms with van der Waals surface area (Å²) in [4.78, 5) is 39.2. The van der Waals surface area contributed by atoms with E-state index in [1.807, 2.05) is 30.3 Å². The van der Waals surface area contributed by atoms with Crippen molar-refractivity contribution in [2.75, 3.05) is 0 Å². The molecule has 8 heteroatoms. The van der Waals surface area contributed by atoms with Crippen molar-refractivity contribution in [1.29, 1.82) is 0 Å². The number of hydrogen-bond acceptors (Lipinski definition) is 6. The lowest BCUT2D eigenvalue weighted by atomic mass is 10.1. The smallest absolute Gasteiger partial charge is 0.342 e. The third-order valence-corrected chi connectivity index (χ3v) is 4.91. The molecule has 0 bridgehead atoms. The summed E-state index contributed by atoms with van der Waals surface area (Å²) >= 11 is 0. The van der Waals surface area contributed by atoms with E-state index in [9.17, 15) is 19.7 Å². The number of imidazole rings is 1. The summed E-state index contributed by atoms with van der Waals surface area (Å²) in [6, 6.07) is 14.2. The molecule has 31 heavy (non-hydrogen) atoms. The lowest BCUT2D eigenvalue weighted by Gasteiger charge is -2.03. The van der Waals surface area contributed by atoms with Crippen LogP contribution in [0.25, 0.3) is 12.2 Å². The highest BCUT2D eigenvalue weighted by Crippen LogP contribution is 2.31. The Labute approximate surface area is 177 Å². The summed E-state index contributed by atoms with van der Waals surface area (Å²) < 4.78 is 6.67. The SMILES string of the molecule is Cn1c([N+](=O)[O-])cnc1C=C1Cc2cc(OC(=O)C=Cc3ccccc3)ccc2C1=O. The number of carbonyl (C=O) groups excluding carboxylic acids is 2. The van der Waals surface area contributed by atoms with Crippen molar-refractivity contribution in [3.05, 3.63) is 99.0 Å². The average Bonchev–Trinajstić information content (AvgIpc) is 3.27. The minimum Gasteiger partial charge on any atom is -0.423 e. The van der Waals surface area contributed by atoms with E-state index >= 15 is 0 Å². The largest absolute Gasteiger partial charge is 0.423 e. The zero-order valence-corrected chi connectivity index (χ0v) is 16.5. The van der Waals surface area contributed by atoms with Crippen molar-refractivity contribution < 1.29 is 19.2 Å². The number of Topliss-reactive ketones (excluding diaryl/α,β-unsaturated/α-hetero) is 1. The van der Waals surface area contributed by atoms with Crippen molar-refractivity contribution in [1.82, 2.24) is 9.55 Å². The summed E-state index contributed by atoms with van der Waals surface area (Å²) in [6.07, 6.45) is 6.02. The number of benzene rings is 2. The van der Waals surface area contributed by atoms with E-state index in [1.54, 1.807) is 30.4 Å². The highest BCUT2D eigenvalue weighted by molar-refractivity contribution is 6.15. The maximum Gasteiger partial charge on any atom is 0.342 e. The standard InChI is InChI=1S/C23H17N3O5/c1-25-20(24-14-21(25)26(29)30)13-17-11-16-12-18(8-9-19(16)23(17)28)31-22(27)10-7-15-5-3-2-4-6-15/h2-10,12-14H,11H2,1H3. The van der Waals surface area contributed by atoms with Crippen LogP contribution in [0.4, 0.5) is 5.82 Å². The topological polar surface area (TPSA) is 104 Å². The lowest BCUT2D eigenvalue weighted by molar-refractivity contribution is -0.391. The van der Waals surface area contributed by atoms with Gasteiger partial charge in [-0.05, 0) is 40.3 Å². The van der Waals surface area contributed by atoms with Crippen LogP contribution in [0.3, 0.4) is 0 Å². The van der Waals surface area contributed by atoms with E-state index < -0.39 is 10.9 Å². The lowest BCUT2D eigenvalue weighted by Crippen LogP contribution is -2.04. The molecule has 0 amide bonds. The number of rotatable bonds is 5. The molecule has 154 valence electrons. The Hall–Kier alpha value is -4.33. The van der Waals surface area contributed by atoms with E-state index in [-0.39, 0.29) is 11.6 Å². The number of fused-ring (bicyclic) bond motifs is 1. The van der Waals surface area contributed by atoms with Gasteiger partial charge in [0.25, 0.3) is 0 Å². The van der Waals surface area contributed by atoms with Crippen LogP contribution in [0.15, 0.2) is 66.4 Å². The molecule has 1 aromatic heterocycles. The Morgan fingerprint density at radius 1 is 1.23 bits per heavy atom. The highest BCUT2D eigenvalue weighted by atomic mass is 16.6. The molecular formula is C23H17N3O5. The maximum atomic E-state index is 12.7. The molecule has 0 radical (unpaired) electrons. The Kier molecular flexibility index (Phi) is 5.28. The van der Waals surface area contributed by atoms with Crippen LogP contribution in [0.2, 0.25) is 0 Å². The third-order valence-electron chi connectivity index (χ3n) is 4.91. The van der Waals surface area contributed by atoms with Crippen molar-refractivity contribution in [2.24, 2.45) is 7.05 Å². The van der Waals surface area contributed by atoms with E-state index in [0.29, 0.717) is 29.1 Å². The number of esters is 1. The van der Waals surface area contributed by atoms with Crippen molar-refractivity contribution in [3.63, 3.8) is 0 Å². The van der Waals surface area contributed by atoms with Gasteiger partial charge in [-0.25, -0.2) is 14.3 Å². The highest BCUT2D eigenvalue weighted by Gasteiger charge is 2.27. The summed E-state index contributed by atoms with van der Waals surface area (Å²) in [7, 11) is 1.52. The molecule has 1 aliphatic rings. The molecule has 0 atom stereocenters. The molecule has 8 nitrogen and oxygen atoms in total. The molecule has 1 heterocycles. The molecule has 0 aliphatic heterocycles. The number of hydrogen-bond donors (Lipinski definition) is 0. The average molecular weight is 415 g/mol. The second-order valence-corrected chi connectivity index (χ2v) is 6.95. The van der Waals surface area contributed by atoms with Gasteiger partial charge >= 0.3 is 11.8 Å². The summed E-state index contributed by atoms with van der Waals surface area (Å²) in [5.41, 5.74) is 2.57. The molecule has 2 aromatic carbocycles. The Morgan fingerprint density at radius 3 is 2.71 bits per heavy atom. The fourth-order valence-electron chi connectivity index (χ4n) is 3.33. The van der Waals surface area contributed by atoms with Crippen LogP contribution in [0.1, 0.15) is 27.3 Å². The molecule has 1 aliphatic carbocycles. The van der Waals surface area contributed by atoms with Crippen molar-refractivity contribution >= 4 is 29.7 Å². The number of nitrogens with zero attached hydrogens (tertiary/aromatic N) is 3. The molecule has 0 fully saturated rings. The molecule has 0 N–H and O–H groups in total. The first-order valence-electron chi connectivity index (χ1n) is 9.41. The number of ketones is 1. The molecular weight excluding hydrogens is 398 g/mol. The predicted molar refractivity (Wildman–Crippen MR) is 113 cm³/mol. The molecule has 0 saturated heterocycles. The number of ether oxygens (including phenoxy) is 1. The number of carbonyl (C=O) groups is 2. The zero-order valence-electron chi connectivity index (χ0n) is 16.5. The van der Waals surface area contributed by atoms with Gasteiger partial charge in [0.1, 0.15) is 11.9 Å². The van der Waals surface area contributed by atoms with E-state index in [2.05, 4.69) is 4.98 Å². The molecule has 3 aromatic rings. The van der Waals surface area contributed by atoms with E-state index in [1.165, 1.54) is 17.7 Å². The second-order valence-electron chi connectivity index (χ2n) is 6.95. The van der Waals surface area contributed by atoms with Crippen LogP contribution in [-0.4, -0.2) is 26.2 Å². The summed E-state index contributed by atoms with van der Waals surface area (Å²) in [6.45, 7) is 0.